The summed E-state index contributed by atoms with van der Waals surface area (Å²) in [7, 11) is 0. The van der Waals surface area contributed by atoms with E-state index in [0.29, 0.717) is 6.04 Å². The quantitative estimate of drug-likeness (QED) is 0.841. The van der Waals surface area contributed by atoms with Crippen LogP contribution in [0.1, 0.15) is 49.8 Å². The number of rotatable bonds is 3. The van der Waals surface area contributed by atoms with Gasteiger partial charge in [-0.25, -0.2) is 0 Å². The van der Waals surface area contributed by atoms with Gasteiger partial charge in [0, 0.05) is 12.6 Å². The molecule has 1 aromatic carbocycles. The van der Waals surface area contributed by atoms with Crippen molar-refractivity contribution in [2.24, 2.45) is 11.8 Å². The van der Waals surface area contributed by atoms with Crippen LogP contribution in [0.25, 0.3) is 0 Å². The van der Waals surface area contributed by atoms with Crippen LogP contribution in [-0.2, 0) is 6.54 Å². The standard InChI is InChI=1S/C17H27N/c1-12-5-6-17(15(4)8-12)18-11-16-9-13(2)7-14(3)10-16/h7,9-10,12,15,17-18H,5-6,8,11H2,1-4H3. The van der Waals surface area contributed by atoms with Crippen LogP contribution in [0.15, 0.2) is 18.2 Å². The van der Waals surface area contributed by atoms with Crippen LogP contribution in [0, 0.1) is 25.7 Å². The summed E-state index contributed by atoms with van der Waals surface area (Å²) >= 11 is 0. The smallest absolute Gasteiger partial charge is 0.0208 e. The van der Waals surface area contributed by atoms with Crippen LogP contribution in [0.3, 0.4) is 0 Å². The molecule has 1 saturated carbocycles. The minimum absolute atomic E-state index is 0.710. The molecule has 1 aromatic rings. The number of hydrogen-bond acceptors (Lipinski definition) is 1. The molecule has 1 aliphatic rings. The predicted molar refractivity (Wildman–Crippen MR) is 78.7 cm³/mol. The van der Waals surface area contributed by atoms with Crippen molar-refractivity contribution in [1.29, 1.82) is 0 Å². The third-order valence-corrected chi connectivity index (χ3v) is 4.28. The Hall–Kier alpha value is -0.820. The predicted octanol–water partition coefficient (Wildman–Crippen LogP) is 4.22. The van der Waals surface area contributed by atoms with Crippen molar-refractivity contribution in [3.8, 4) is 0 Å². The number of nitrogens with one attached hydrogen (secondary N) is 1. The lowest BCUT2D eigenvalue weighted by atomic mass is 9.80. The topological polar surface area (TPSA) is 12.0 Å². The fourth-order valence-corrected chi connectivity index (χ4v) is 3.39. The highest BCUT2D eigenvalue weighted by Gasteiger charge is 2.24. The van der Waals surface area contributed by atoms with E-state index < -0.39 is 0 Å². The highest BCUT2D eigenvalue weighted by molar-refractivity contribution is 5.28. The Morgan fingerprint density at radius 1 is 1.06 bits per heavy atom. The van der Waals surface area contributed by atoms with Gasteiger partial charge < -0.3 is 5.32 Å². The minimum atomic E-state index is 0.710. The number of aryl methyl sites for hydroxylation is 2. The van der Waals surface area contributed by atoms with Crippen molar-refractivity contribution in [1.82, 2.24) is 5.32 Å². The summed E-state index contributed by atoms with van der Waals surface area (Å²) in [5, 5.41) is 3.76. The van der Waals surface area contributed by atoms with E-state index in [0.717, 1.165) is 18.4 Å². The van der Waals surface area contributed by atoms with Gasteiger partial charge in [0.2, 0.25) is 0 Å². The normalized spacial score (nSPS) is 28.3. The van der Waals surface area contributed by atoms with Crippen LogP contribution < -0.4 is 5.32 Å². The summed E-state index contributed by atoms with van der Waals surface area (Å²) in [5.74, 6) is 1.74. The number of hydrogen-bond donors (Lipinski definition) is 1. The molecule has 0 aliphatic heterocycles. The Balaban J connectivity index is 1.91. The Morgan fingerprint density at radius 3 is 2.33 bits per heavy atom. The lowest BCUT2D eigenvalue weighted by Crippen LogP contribution is -2.38. The van der Waals surface area contributed by atoms with Gasteiger partial charge in [-0.15, -0.1) is 0 Å². The highest BCUT2D eigenvalue weighted by Crippen LogP contribution is 2.28. The first-order valence-electron chi connectivity index (χ1n) is 7.35. The fourth-order valence-electron chi connectivity index (χ4n) is 3.39. The fraction of sp³-hybridized carbons (Fsp3) is 0.647. The second kappa shape index (κ2) is 5.88. The van der Waals surface area contributed by atoms with Gasteiger partial charge in [-0.05, 0) is 50.5 Å². The van der Waals surface area contributed by atoms with E-state index >= 15 is 0 Å². The highest BCUT2D eigenvalue weighted by atomic mass is 14.9. The van der Waals surface area contributed by atoms with Crippen LogP contribution in [0.4, 0.5) is 0 Å². The average Bonchev–Trinajstić information content (AvgIpc) is 2.26. The summed E-state index contributed by atoms with van der Waals surface area (Å²) in [6, 6.07) is 7.56. The molecule has 1 N–H and O–H groups in total. The van der Waals surface area contributed by atoms with Crippen LogP contribution in [-0.4, -0.2) is 6.04 Å². The van der Waals surface area contributed by atoms with Crippen LogP contribution in [0.5, 0.6) is 0 Å². The molecule has 0 amide bonds. The zero-order valence-corrected chi connectivity index (χ0v) is 12.3. The second-order valence-corrected chi connectivity index (χ2v) is 6.38. The van der Waals surface area contributed by atoms with E-state index in [1.165, 1.54) is 36.0 Å². The van der Waals surface area contributed by atoms with E-state index in [1.54, 1.807) is 0 Å². The Labute approximate surface area is 112 Å². The van der Waals surface area contributed by atoms with Gasteiger partial charge >= 0.3 is 0 Å². The summed E-state index contributed by atoms with van der Waals surface area (Å²) in [6.45, 7) is 10.2. The van der Waals surface area contributed by atoms with Crippen LogP contribution >= 0.6 is 0 Å². The molecule has 3 unspecified atom stereocenters. The van der Waals surface area contributed by atoms with Crippen molar-refractivity contribution in [2.75, 3.05) is 0 Å². The van der Waals surface area contributed by atoms with E-state index in [2.05, 4.69) is 51.2 Å². The lowest BCUT2D eigenvalue weighted by Gasteiger charge is -2.33. The maximum atomic E-state index is 3.76. The Kier molecular flexibility index (Phi) is 4.45. The van der Waals surface area contributed by atoms with Crippen molar-refractivity contribution >= 4 is 0 Å². The first-order valence-corrected chi connectivity index (χ1v) is 7.35. The Morgan fingerprint density at radius 2 is 1.72 bits per heavy atom. The largest absolute Gasteiger partial charge is 0.310 e. The molecular weight excluding hydrogens is 218 g/mol. The zero-order valence-electron chi connectivity index (χ0n) is 12.3. The average molecular weight is 245 g/mol. The summed E-state index contributed by atoms with van der Waals surface area (Å²) < 4.78 is 0. The lowest BCUT2D eigenvalue weighted by molar-refractivity contribution is 0.227. The zero-order chi connectivity index (χ0) is 13.1. The molecule has 1 aliphatic carbocycles. The molecule has 0 aromatic heterocycles. The second-order valence-electron chi connectivity index (χ2n) is 6.38. The summed E-state index contributed by atoms with van der Waals surface area (Å²) in [6.07, 6.45) is 4.10. The van der Waals surface area contributed by atoms with E-state index in [9.17, 15) is 0 Å². The van der Waals surface area contributed by atoms with Gasteiger partial charge in [0.05, 0.1) is 0 Å². The minimum Gasteiger partial charge on any atom is -0.310 e. The molecular formula is C17H27N. The van der Waals surface area contributed by atoms with Gasteiger partial charge in [-0.2, -0.15) is 0 Å². The maximum Gasteiger partial charge on any atom is 0.0208 e. The van der Waals surface area contributed by atoms with Gasteiger partial charge in [0.1, 0.15) is 0 Å². The molecule has 1 fully saturated rings. The molecule has 0 radical (unpaired) electrons. The van der Waals surface area contributed by atoms with Crippen molar-refractivity contribution in [3.05, 3.63) is 34.9 Å². The first-order chi connectivity index (χ1) is 8.54. The molecule has 1 nitrogen and oxygen atoms in total. The van der Waals surface area contributed by atoms with E-state index in [1.807, 2.05) is 0 Å². The van der Waals surface area contributed by atoms with Crippen molar-refractivity contribution < 1.29 is 0 Å². The third-order valence-electron chi connectivity index (χ3n) is 4.28. The van der Waals surface area contributed by atoms with Crippen molar-refractivity contribution in [3.63, 3.8) is 0 Å². The van der Waals surface area contributed by atoms with Crippen molar-refractivity contribution in [2.45, 2.75) is 59.5 Å². The Bertz CT molecular complexity index is 376. The van der Waals surface area contributed by atoms with Gasteiger partial charge in [0.15, 0.2) is 0 Å². The monoisotopic (exact) mass is 245 g/mol. The van der Waals surface area contributed by atoms with Gasteiger partial charge in [0.25, 0.3) is 0 Å². The van der Waals surface area contributed by atoms with E-state index in [4.69, 9.17) is 0 Å². The molecule has 0 heterocycles. The van der Waals surface area contributed by atoms with Gasteiger partial charge in [-0.1, -0.05) is 43.2 Å². The molecule has 0 saturated heterocycles. The number of benzene rings is 1. The molecule has 2 rings (SSSR count). The molecule has 100 valence electrons. The molecule has 0 spiro atoms. The molecule has 0 bridgehead atoms. The van der Waals surface area contributed by atoms with E-state index in [-0.39, 0.29) is 0 Å². The molecule has 18 heavy (non-hydrogen) atoms. The van der Waals surface area contributed by atoms with Crippen LogP contribution in [0.2, 0.25) is 0 Å². The summed E-state index contributed by atoms with van der Waals surface area (Å²) in [4.78, 5) is 0. The summed E-state index contributed by atoms with van der Waals surface area (Å²) in [5.41, 5.74) is 4.17. The SMILES string of the molecule is Cc1cc(C)cc(CNC2CCC(C)CC2C)c1. The first kappa shape index (κ1) is 13.6. The maximum absolute atomic E-state index is 3.76. The molecule has 3 atom stereocenters. The molecule has 1 heteroatoms. The third kappa shape index (κ3) is 3.58. The van der Waals surface area contributed by atoms with Gasteiger partial charge in [-0.3, -0.25) is 0 Å².